The van der Waals surface area contributed by atoms with Crippen LogP contribution < -0.4 is 10.1 Å². The summed E-state index contributed by atoms with van der Waals surface area (Å²) in [6.07, 6.45) is -1.20. The van der Waals surface area contributed by atoms with E-state index in [2.05, 4.69) is 10.3 Å². The van der Waals surface area contributed by atoms with Gasteiger partial charge in [-0.3, -0.25) is 0 Å². The molecule has 3 aliphatic rings. The lowest BCUT2D eigenvalue weighted by atomic mass is 9.73. The number of piperidine rings is 1. The molecule has 4 unspecified atom stereocenters. The van der Waals surface area contributed by atoms with Crippen molar-refractivity contribution in [1.82, 2.24) is 10.3 Å². The highest BCUT2D eigenvalue weighted by Gasteiger charge is 2.72. The van der Waals surface area contributed by atoms with Crippen molar-refractivity contribution < 1.29 is 17.9 Å². The number of aromatic nitrogens is 1. The second kappa shape index (κ2) is 3.42. The zero-order valence-corrected chi connectivity index (χ0v) is 10.1. The van der Waals surface area contributed by atoms with Gasteiger partial charge in [0.25, 0.3) is 0 Å². The van der Waals surface area contributed by atoms with Crippen molar-refractivity contribution in [2.75, 3.05) is 6.54 Å². The van der Waals surface area contributed by atoms with Gasteiger partial charge in [-0.2, -0.15) is 13.2 Å². The van der Waals surface area contributed by atoms with Crippen LogP contribution in [-0.4, -0.2) is 23.7 Å². The minimum absolute atomic E-state index is 0.0525. The number of nitrogens with one attached hydrogen (secondary N) is 1. The Morgan fingerprint density at radius 2 is 2.16 bits per heavy atom. The molecule has 0 radical (unpaired) electrons. The first kappa shape index (κ1) is 11.5. The normalized spacial score (nSPS) is 39.2. The predicted octanol–water partition coefficient (Wildman–Crippen LogP) is 2.23. The van der Waals surface area contributed by atoms with Crippen molar-refractivity contribution in [3.05, 3.63) is 23.9 Å². The Balaban J connectivity index is 1.44. The summed E-state index contributed by atoms with van der Waals surface area (Å²) in [7, 11) is 0. The molecule has 2 aliphatic carbocycles. The molecule has 4 atom stereocenters. The molecule has 1 saturated heterocycles. The highest BCUT2D eigenvalue weighted by Crippen LogP contribution is 2.68. The Hall–Kier alpha value is -1.30. The first-order valence-corrected chi connectivity index (χ1v) is 6.42. The zero-order valence-electron chi connectivity index (χ0n) is 10.1. The molecule has 102 valence electrons. The topological polar surface area (TPSA) is 34.1 Å². The van der Waals surface area contributed by atoms with Gasteiger partial charge in [0.1, 0.15) is 6.10 Å². The van der Waals surface area contributed by atoms with E-state index in [0.29, 0.717) is 11.5 Å². The standard InChI is InChI=1S/C13H13F3N2O/c14-13(15,16)7-1-2-10(17-5-7)19-9-4-12-3-8(12)6-18-11(9)12/h1-2,5,8-9,11,18H,3-4,6H2. The van der Waals surface area contributed by atoms with Gasteiger partial charge in [0.05, 0.1) is 11.6 Å². The van der Waals surface area contributed by atoms with E-state index in [1.807, 2.05) is 0 Å². The number of pyridine rings is 1. The van der Waals surface area contributed by atoms with Crippen LogP contribution in [-0.2, 0) is 6.18 Å². The zero-order chi connectivity index (χ0) is 13.3. The highest BCUT2D eigenvalue weighted by atomic mass is 19.4. The molecular formula is C13H13F3N2O. The molecule has 1 aromatic rings. The van der Waals surface area contributed by atoms with Crippen LogP contribution in [0.15, 0.2) is 18.3 Å². The van der Waals surface area contributed by atoms with Gasteiger partial charge in [0.15, 0.2) is 0 Å². The van der Waals surface area contributed by atoms with Crippen LogP contribution in [0, 0.1) is 11.3 Å². The van der Waals surface area contributed by atoms with Crippen LogP contribution in [0.1, 0.15) is 18.4 Å². The largest absolute Gasteiger partial charge is 0.473 e. The summed E-state index contributed by atoms with van der Waals surface area (Å²) in [4.78, 5) is 3.75. The van der Waals surface area contributed by atoms with Crippen molar-refractivity contribution in [3.63, 3.8) is 0 Å². The first-order valence-electron chi connectivity index (χ1n) is 6.42. The maximum absolute atomic E-state index is 12.4. The van der Waals surface area contributed by atoms with Gasteiger partial charge in [-0.15, -0.1) is 0 Å². The van der Waals surface area contributed by atoms with Gasteiger partial charge in [-0.1, -0.05) is 0 Å². The SMILES string of the molecule is FC(F)(F)c1ccc(OC2CC34CC3CNC24)nc1. The van der Waals surface area contributed by atoms with Crippen molar-refractivity contribution in [2.24, 2.45) is 11.3 Å². The number of rotatable bonds is 2. The van der Waals surface area contributed by atoms with E-state index in [4.69, 9.17) is 4.74 Å². The summed E-state index contributed by atoms with van der Waals surface area (Å²) >= 11 is 0. The van der Waals surface area contributed by atoms with Gasteiger partial charge in [-0.25, -0.2) is 4.98 Å². The number of alkyl halides is 3. The van der Waals surface area contributed by atoms with Gasteiger partial charge in [-0.05, 0) is 36.8 Å². The van der Waals surface area contributed by atoms with Crippen LogP contribution in [0.3, 0.4) is 0 Å². The monoisotopic (exact) mass is 270 g/mol. The molecule has 2 heterocycles. The molecule has 2 saturated carbocycles. The fourth-order valence-electron chi connectivity index (χ4n) is 3.62. The van der Waals surface area contributed by atoms with Crippen molar-refractivity contribution >= 4 is 0 Å². The lowest BCUT2D eigenvalue weighted by molar-refractivity contribution is -0.137. The van der Waals surface area contributed by atoms with E-state index >= 15 is 0 Å². The van der Waals surface area contributed by atoms with E-state index in [1.165, 1.54) is 12.5 Å². The molecule has 1 aliphatic heterocycles. The molecule has 3 nitrogen and oxygen atoms in total. The molecule has 6 heteroatoms. The van der Waals surface area contributed by atoms with E-state index < -0.39 is 11.7 Å². The lowest BCUT2D eigenvalue weighted by Crippen LogP contribution is -2.56. The van der Waals surface area contributed by atoms with Crippen molar-refractivity contribution in [2.45, 2.75) is 31.2 Å². The van der Waals surface area contributed by atoms with Gasteiger partial charge >= 0.3 is 6.18 Å². The van der Waals surface area contributed by atoms with Crippen LogP contribution in [0.25, 0.3) is 0 Å². The molecule has 19 heavy (non-hydrogen) atoms. The van der Waals surface area contributed by atoms with E-state index in [0.717, 1.165) is 31.1 Å². The van der Waals surface area contributed by atoms with Gasteiger partial charge < -0.3 is 10.1 Å². The Kier molecular flexibility index (Phi) is 2.07. The highest BCUT2D eigenvalue weighted by molar-refractivity contribution is 5.27. The summed E-state index contributed by atoms with van der Waals surface area (Å²) in [5, 5.41) is 3.42. The molecule has 3 fully saturated rings. The number of hydrogen-bond acceptors (Lipinski definition) is 3. The molecule has 0 amide bonds. The Morgan fingerprint density at radius 1 is 1.32 bits per heavy atom. The average molecular weight is 270 g/mol. The minimum Gasteiger partial charge on any atom is -0.473 e. The number of ether oxygens (including phenoxy) is 1. The number of nitrogens with zero attached hydrogens (tertiary/aromatic N) is 1. The summed E-state index contributed by atoms with van der Waals surface area (Å²) < 4.78 is 42.9. The third-order valence-corrected chi connectivity index (χ3v) is 4.77. The molecule has 1 aromatic heterocycles. The minimum atomic E-state index is -4.35. The van der Waals surface area contributed by atoms with E-state index in [-0.39, 0.29) is 12.0 Å². The van der Waals surface area contributed by atoms with Gasteiger partial charge in [0.2, 0.25) is 5.88 Å². The lowest BCUT2D eigenvalue weighted by Gasteiger charge is -2.42. The van der Waals surface area contributed by atoms with Crippen LogP contribution >= 0.6 is 0 Å². The Bertz CT molecular complexity index is 514. The van der Waals surface area contributed by atoms with Crippen LogP contribution in [0.5, 0.6) is 5.88 Å². The second-order valence-corrected chi connectivity index (χ2v) is 5.76. The van der Waals surface area contributed by atoms with Gasteiger partial charge in [0, 0.05) is 12.3 Å². The third kappa shape index (κ3) is 1.59. The maximum Gasteiger partial charge on any atom is 0.417 e. The molecule has 0 bridgehead atoms. The number of halogens is 3. The molecule has 4 rings (SSSR count). The third-order valence-electron chi connectivity index (χ3n) is 4.77. The Morgan fingerprint density at radius 3 is 2.74 bits per heavy atom. The second-order valence-electron chi connectivity index (χ2n) is 5.76. The summed E-state index contributed by atoms with van der Waals surface area (Å²) in [6, 6.07) is 2.67. The summed E-state index contributed by atoms with van der Waals surface area (Å²) in [6.45, 7) is 1.05. The van der Waals surface area contributed by atoms with Crippen molar-refractivity contribution in [1.29, 1.82) is 0 Å². The molecular weight excluding hydrogens is 257 g/mol. The van der Waals surface area contributed by atoms with Crippen LogP contribution in [0.2, 0.25) is 0 Å². The Labute approximate surface area is 108 Å². The molecule has 0 aromatic carbocycles. The fourth-order valence-corrected chi connectivity index (χ4v) is 3.62. The quantitative estimate of drug-likeness (QED) is 0.894. The van der Waals surface area contributed by atoms with E-state index in [9.17, 15) is 13.2 Å². The summed E-state index contributed by atoms with van der Waals surface area (Å²) in [5.74, 6) is 1.07. The van der Waals surface area contributed by atoms with E-state index in [1.54, 1.807) is 0 Å². The maximum atomic E-state index is 12.4. The van der Waals surface area contributed by atoms with Crippen LogP contribution in [0.4, 0.5) is 13.2 Å². The van der Waals surface area contributed by atoms with Crippen molar-refractivity contribution in [3.8, 4) is 5.88 Å². The fraction of sp³-hybridized carbons (Fsp3) is 0.615. The molecule has 1 N–H and O–H groups in total. The molecule has 1 spiro atoms. The predicted molar refractivity (Wildman–Crippen MR) is 60.6 cm³/mol. The smallest absolute Gasteiger partial charge is 0.417 e. The number of hydrogen-bond donors (Lipinski definition) is 1. The average Bonchev–Trinajstić information content (AvgIpc) is 2.98. The first-order chi connectivity index (χ1) is 8.99. The summed E-state index contributed by atoms with van der Waals surface area (Å²) in [5.41, 5.74) is -0.303.